The van der Waals surface area contributed by atoms with Gasteiger partial charge in [0.1, 0.15) is 12.3 Å². The third-order valence-electron chi connectivity index (χ3n) is 4.94. The summed E-state index contributed by atoms with van der Waals surface area (Å²) in [4.78, 5) is 14.9. The number of amides is 1. The van der Waals surface area contributed by atoms with Crippen molar-refractivity contribution in [3.05, 3.63) is 48.9 Å². The second-order valence-electron chi connectivity index (χ2n) is 6.48. The Morgan fingerprint density at radius 2 is 2.24 bits per heavy atom. The van der Waals surface area contributed by atoms with E-state index in [9.17, 15) is 4.79 Å². The van der Waals surface area contributed by atoms with Crippen LogP contribution in [0.25, 0.3) is 10.9 Å². The van der Waals surface area contributed by atoms with Crippen molar-refractivity contribution >= 4 is 16.8 Å². The first-order valence-electron chi connectivity index (χ1n) is 8.64. The molecule has 1 fully saturated rings. The highest BCUT2D eigenvalue weighted by atomic mass is 16.5. The Kier molecular flexibility index (Phi) is 4.17. The predicted octanol–water partition coefficient (Wildman–Crippen LogP) is 2.54. The van der Waals surface area contributed by atoms with E-state index in [0.29, 0.717) is 6.54 Å². The summed E-state index contributed by atoms with van der Waals surface area (Å²) in [7, 11) is 1.66. The Labute approximate surface area is 146 Å². The van der Waals surface area contributed by atoms with Crippen LogP contribution < -0.4 is 4.74 Å². The zero-order valence-corrected chi connectivity index (χ0v) is 14.3. The Morgan fingerprint density at radius 3 is 3.04 bits per heavy atom. The summed E-state index contributed by atoms with van der Waals surface area (Å²) in [6.45, 7) is 1.96. The molecule has 4 rings (SSSR count). The molecule has 1 saturated heterocycles. The number of carbonyl (C=O) groups is 1. The average molecular weight is 338 g/mol. The van der Waals surface area contributed by atoms with Crippen molar-refractivity contribution in [2.45, 2.75) is 32.0 Å². The van der Waals surface area contributed by atoms with Crippen LogP contribution in [0, 0.1) is 0 Å². The first-order chi connectivity index (χ1) is 12.2. The quantitative estimate of drug-likeness (QED) is 0.718. The van der Waals surface area contributed by atoms with Crippen LogP contribution in [-0.4, -0.2) is 44.9 Å². The number of benzene rings is 1. The second kappa shape index (κ2) is 6.63. The lowest BCUT2D eigenvalue weighted by atomic mass is 10.2. The number of fused-ring (bicyclic) bond motifs is 1. The molecule has 25 heavy (non-hydrogen) atoms. The standard InChI is InChI=1S/C19H22N4O2/c1-25-17-5-6-18-15(12-17)7-11-21(18)14-19(24)23-10-2-4-16(23)13-22-9-3-8-20-22/h3,5-9,11-12,16H,2,4,10,13-14H2,1H3/t16-/m1/s1. The average Bonchev–Trinajstić information content (AvgIpc) is 3.36. The Bertz CT molecular complexity index is 869. The van der Waals surface area contributed by atoms with E-state index in [1.807, 2.05) is 56.9 Å². The molecule has 1 aliphatic heterocycles. The van der Waals surface area contributed by atoms with Crippen molar-refractivity contribution in [2.75, 3.05) is 13.7 Å². The lowest BCUT2D eigenvalue weighted by Gasteiger charge is -2.25. The molecule has 3 heterocycles. The van der Waals surface area contributed by atoms with Crippen LogP contribution in [0.15, 0.2) is 48.9 Å². The molecule has 6 heteroatoms. The van der Waals surface area contributed by atoms with Crippen LogP contribution in [0.3, 0.4) is 0 Å². The molecule has 6 nitrogen and oxygen atoms in total. The van der Waals surface area contributed by atoms with Gasteiger partial charge in [-0.05, 0) is 43.2 Å². The van der Waals surface area contributed by atoms with E-state index in [1.165, 1.54) is 0 Å². The van der Waals surface area contributed by atoms with Gasteiger partial charge >= 0.3 is 0 Å². The van der Waals surface area contributed by atoms with Crippen LogP contribution in [0.1, 0.15) is 12.8 Å². The minimum Gasteiger partial charge on any atom is -0.497 e. The molecule has 1 amide bonds. The van der Waals surface area contributed by atoms with Crippen molar-refractivity contribution in [2.24, 2.45) is 0 Å². The number of aromatic nitrogens is 3. The summed E-state index contributed by atoms with van der Waals surface area (Å²) >= 11 is 0. The Balaban J connectivity index is 1.49. The number of carbonyl (C=O) groups excluding carboxylic acids is 1. The molecule has 0 aliphatic carbocycles. The molecular formula is C19H22N4O2. The van der Waals surface area contributed by atoms with Crippen LogP contribution in [0.4, 0.5) is 0 Å². The van der Waals surface area contributed by atoms with Crippen LogP contribution in [-0.2, 0) is 17.9 Å². The molecule has 2 aromatic heterocycles. The van der Waals surface area contributed by atoms with Crippen molar-refractivity contribution in [1.29, 1.82) is 0 Å². The molecule has 1 atom stereocenters. The zero-order chi connectivity index (χ0) is 17.2. The molecule has 3 aromatic rings. The lowest BCUT2D eigenvalue weighted by Crippen LogP contribution is -2.40. The van der Waals surface area contributed by atoms with Crippen LogP contribution >= 0.6 is 0 Å². The minimum absolute atomic E-state index is 0.169. The van der Waals surface area contributed by atoms with Crippen LogP contribution in [0.5, 0.6) is 5.75 Å². The van der Waals surface area contributed by atoms with E-state index in [4.69, 9.17) is 4.74 Å². The highest BCUT2D eigenvalue weighted by Gasteiger charge is 2.29. The normalized spacial score (nSPS) is 17.3. The van der Waals surface area contributed by atoms with Crippen LogP contribution in [0.2, 0.25) is 0 Å². The molecule has 130 valence electrons. The molecule has 0 N–H and O–H groups in total. The van der Waals surface area contributed by atoms with Gasteiger partial charge < -0.3 is 14.2 Å². The maximum Gasteiger partial charge on any atom is 0.242 e. The van der Waals surface area contributed by atoms with Gasteiger partial charge in [0.05, 0.1) is 19.7 Å². The van der Waals surface area contributed by atoms with E-state index < -0.39 is 0 Å². The fourth-order valence-corrected chi connectivity index (χ4v) is 3.66. The van der Waals surface area contributed by atoms with Crippen molar-refractivity contribution in [3.8, 4) is 5.75 Å². The fourth-order valence-electron chi connectivity index (χ4n) is 3.66. The van der Waals surface area contributed by atoms with Gasteiger partial charge in [0.2, 0.25) is 5.91 Å². The minimum atomic E-state index is 0.169. The summed E-state index contributed by atoms with van der Waals surface area (Å²) in [6, 6.07) is 10.1. The summed E-state index contributed by atoms with van der Waals surface area (Å²) in [6.07, 6.45) is 7.80. The summed E-state index contributed by atoms with van der Waals surface area (Å²) < 4.78 is 9.19. The summed E-state index contributed by atoms with van der Waals surface area (Å²) in [5.74, 6) is 0.999. The van der Waals surface area contributed by atoms with Gasteiger partial charge in [0.25, 0.3) is 0 Å². The number of nitrogens with zero attached hydrogens (tertiary/aromatic N) is 4. The van der Waals surface area contributed by atoms with E-state index in [0.717, 1.165) is 42.6 Å². The number of hydrogen-bond acceptors (Lipinski definition) is 3. The molecule has 0 spiro atoms. The maximum absolute atomic E-state index is 12.9. The third-order valence-corrected chi connectivity index (χ3v) is 4.94. The number of hydrogen-bond donors (Lipinski definition) is 0. The topological polar surface area (TPSA) is 52.3 Å². The molecular weight excluding hydrogens is 316 g/mol. The monoisotopic (exact) mass is 338 g/mol. The van der Waals surface area contributed by atoms with Gasteiger partial charge in [-0.1, -0.05) is 0 Å². The molecule has 0 unspecified atom stereocenters. The fraction of sp³-hybridized carbons (Fsp3) is 0.368. The summed E-state index contributed by atoms with van der Waals surface area (Å²) in [5, 5.41) is 5.35. The largest absolute Gasteiger partial charge is 0.497 e. The van der Waals surface area contributed by atoms with Crippen molar-refractivity contribution in [3.63, 3.8) is 0 Å². The Hall–Kier alpha value is -2.76. The van der Waals surface area contributed by atoms with Crippen molar-refractivity contribution < 1.29 is 9.53 Å². The predicted molar refractivity (Wildman–Crippen MR) is 95.5 cm³/mol. The second-order valence-corrected chi connectivity index (χ2v) is 6.48. The lowest BCUT2D eigenvalue weighted by molar-refractivity contribution is -0.132. The molecule has 1 aromatic carbocycles. The van der Waals surface area contributed by atoms with Gasteiger partial charge in [-0.15, -0.1) is 0 Å². The molecule has 1 aliphatic rings. The first-order valence-corrected chi connectivity index (χ1v) is 8.64. The van der Waals surface area contributed by atoms with E-state index >= 15 is 0 Å². The molecule has 0 bridgehead atoms. The SMILES string of the molecule is COc1ccc2c(ccn2CC(=O)N2CCC[C@@H]2Cn2cccn2)c1. The smallest absolute Gasteiger partial charge is 0.242 e. The zero-order valence-electron chi connectivity index (χ0n) is 14.3. The van der Waals surface area contributed by atoms with E-state index in [-0.39, 0.29) is 11.9 Å². The number of likely N-dealkylation sites (tertiary alicyclic amines) is 1. The first kappa shape index (κ1) is 15.7. The highest BCUT2D eigenvalue weighted by molar-refractivity contribution is 5.84. The van der Waals surface area contributed by atoms with Gasteiger partial charge in [-0.2, -0.15) is 5.10 Å². The number of rotatable bonds is 5. The molecule has 0 radical (unpaired) electrons. The van der Waals surface area contributed by atoms with Crippen molar-refractivity contribution in [1.82, 2.24) is 19.2 Å². The van der Waals surface area contributed by atoms with Gasteiger partial charge in [-0.25, -0.2) is 0 Å². The number of ether oxygens (including phenoxy) is 1. The van der Waals surface area contributed by atoms with Gasteiger partial charge in [0, 0.05) is 36.0 Å². The maximum atomic E-state index is 12.9. The highest BCUT2D eigenvalue weighted by Crippen LogP contribution is 2.23. The van der Waals surface area contributed by atoms with Gasteiger partial charge in [-0.3, -0.25) is 9.48 Å². The Morgan fingerprint density at radius 1 is 1.32 bits per heavy atom. The number of methoxy groups -OCH3 is 1. The van der Waals surface area contributed by atoms with Gasteiger partial charge in [0.15, 0.2) is 0 Å². The molecule has 0 saturated carbocycles. The third kappa shape index (κ3) is 3.12. The van der Waals surface area contributed by atoms with E-state index in [1.54, 1.807) is 13.3 Å². The van der Waals surface area contributed by atoms with E-state index in [2.05, 4.69) is 5.10 Å². The summed E-state index contributed by atoms with van der Waals surface area (Å²) in [5.41, 5.74) is 1.05.